The van der Waals surface area contributed by atoms with Gasteiger partial charge in [0.05, 0.1) is 33.9 Å². The summed E-state index contributed by atoms with van der Waals surface area (Å²) in [6.45, 7) is 8.03. The van der Waals surface area contributed by atoms with Crippen LogP contribution in [0.3, 0.4) is 0 Å². The summed E-state index contributed by atoms with van der Waals surface area (Å²) >= 11 is 0. The van der Waals surface area contributed by atoms with Crippen molar-refractivity contribution >= 4 is 22.6 Å². The van der Waals surface area contributed by atoms with Gasteiger partial charge in [0.25, 0.3) is 5.56 Å². The third-order valence-electron chi connectivity index (χ3n) is 7.10. The number of alkyl halides is 3. The number of aryl methyl sites for hydroxylation is 2. The molecule has 210 valence electrons. The summed E-state index contributed by atoms with van der Waals surface area (Å²) in [7, 11) is 0. The van der Waals surface area contributed by atoms with Crippen LogP contribution in [0.1, 0.15) is 61.7 Å². The van der Waals surface area contributed by atoms with E-state index in [1.165, 1.54) is 27.7 Å². The monoisotopic (exact) mass is 550 g/mol. The van der Waals surface area contributed by atoms with Gasteiger partial charge in [0.2, 0.25) is 0 Å². The van der Waals surface area contributed by atoms with Gasteiger partial charge in [-0.15, -0.1) is 0 Å². The van der Waals surface area contributed by atoms with E-state index in [-0.39, 0.29) is 17.8 Å². The molecule has 9 heteroatoms. The Labute approximate surface area is 231 Å². The fourth-order valence-electron chi connectivity index (χ4n) is 4.78. The zero-order valence-electron chi connectivity index (χ0n) is 23.0. The molecule has 0 saturated heterocycles. The van der Waals surface area contributed by atoms with Crippen molar-refractivity contribution in [2.24, 2.45) is 0 Å². The van der Waals surface area contributed by atoms with E-state index in [4.69, 9.17) is 4.98 Å². The second-order valence-electron chi connectivity index (χ2n) is 9.84. The molecule has 4 aromatic rings. The van der Waals surface area contributed by atoms with E-state index in [1.54, 1.807) is 24.3 Å². The van der Waals surface area contributed by atoms with E-state index in [0.29, 0.717) is 35.3 Å². The lowest BCUT2D eigenvalue weighted by Gasteiger charge is -2.32. The number of nitrogens with zero attached hydrogens (tertiary/aromatic N) is 3. The molecule has 0 saturated carbocycles. The van der Waals surface area contributed by atoms with Gasteiger partial charge >= 0.3 is 12.2 Å². The molecule has 1 heterocycles. The molecule has 6 nitrogen and oxygen atoms in total. The maximum absolute atomic E-state index is 13.9. The molecule has 4 rings (SSSR count). The van der Waals surface area contributed by atoms with Crippen molar-refractivity contribution in [1.82, 2.24) is 14.5 Å². The molecule has 40 heavy (non-hydrogen) atoms. The Kier molecular flexibility index (Phi) is 8.61. The average molecular weight is 551 g/mol. The highest BCUT2D eigenvalue weighted by Gasteiger charge is 2.35. The van der Waals surface area contributed by atoms with Crippen molar-refractivity contribution in [3.63, 3.8) is 0 Å². The molecule has 1 N–H and O–H groups in total. The van der Waals surface area contributed by atoms with Gasteiger partial charge in [-0.2, -0.15) is 13.2 Å². The minimum absolute atomic E-state index is 0.268. The van der Waals surface area contributed by atoms with Gasteiger partial charge in [-0.3, -0.25) is 9.36 Å². The number of rotatable bonds is 8. The van der Waals surface area contributed by atoms with Crippen molar-refractivity contribution in [2.45, 2.75) is 59.2 Å². The van der Waals surface area contributed by atoms with Gasteiger partial charge in [-0.1, -0.05) is 50.6 Å². The highest BCUT2D eigenvalue weighted by Crippen LogP contribution is 2.35. The summed E-state index contributed by atoms with van der Waals surface area (Å²) in [5, 5.41) is 2.92. The predicted octanol–water partition coefficient (Wildman–Crippen LogP) is 7.81. The zero-order chi connectivity index (χ0) is 29.0. The van der Waals surface area contributed by atoms with Crippen LogP contribution in [0.4, 0.5) is 23.7 Å². The number of carbonyl (C=O) groups excluding carboxylic acids is 1. The van der Waals surface area contributed by atoms with Gasteiger partial charge in [0, 0.05) is 6.54 Å². The first-order chi connectivity index (χ1) is 19.1. The third kappa shape index (κ3) is 5.88. The van der Waals surface area contributed by atoms with Crippen LogP contribution < -0.4 is 10.9 Å². The number of benzene rings is 3. The topological polar surface area (TPSA) is 67.2 Å². The van der Waals surface area contributed by atoms with E-state index in [1.807, 2.05) is 45.9 Å². The summed E-state index contributed by atoms with van der Waals surface area (Å²) in [5.41, 5.74) is 1.61. The molecule has 3 aromatic carbocycles. The van der Waals surface area contributed by atoms with Crippen molar-refractivity contribution in [3.05, 3.63) is 99.6 Å². The predicted molar refractivity (Wildman–Crippen MR) is 152 cm³/mol. The Balaban J connectivity index is 1.88. The number of carbonyl (C=O) groups is 1. The number of anilines is 1. The molecule has 1 aromatic heterocycles. The minimum Gasteiger partial charge on any atom is -0.314 e. The smallest absolute Gasteiger partial charge is 0.314 e. The lowest BCUT2D eigenvalue weighted by molar-refractivity contribution is -0.136. The Morgan fingerprint density at radius 3 is 2.38 bits per heavy atom. The highest BCUT2D eigenvalue weighted by atomic mass is 19.4. The number of aromatic nitrogens is 2. The number of nitrogens with one attached hydrogen (secondary N) is 1. The van der Waals surface area contributed by atoms with Gasteiger partial charge < -0.3 is 10.2 Å². The van der Waals surface area contributed by atoms with Gasteiger partial charge in [-0.25, -0.2) is 9.78 Å². The first kappa shape index (κ1) is 28.9. The van der Waals surface area contributed by atoms with Gasteiger partial charge in [0.1, 0.15) is 5.82 Å². The Hall–Kier alpha value is -4.14. The maximum Gasteiger partial charge on any atom is 0.418 e. The van der Waals surface area contributed by atoms with Crippen LogP contribution in [0, 0.1) is 13.8 Å². The number of hydrogen-bond acceptors (Lipinski definition) is 3. The highest BCUT2D eigenvalue weighted by molar-refractivity contribution is 5.90. The van der Waals surface area contributed by atoms with Crippen LogP contribution in [0.25, 0.3) is 16.6 Å². The molecule has 0 aliphatic rings. The number of urea groups is 1. The molecule has 0 spiro atoms. The molecule has 0 fully saturated rings. The average Bonchev–Trinajstić information content (AvgIpc) is 2.92. The van der Waals surface area contributed by atoms with E-state index < -0.39 is 23.8 Å². The van der Waals surface area contributed by atoms with Crippen LogP contribution in [-0.2, 0) is 6.18 Å². The number of fused-ring (bicyclic) bond motifs is 1. The third-order valence-corrected chi connectivity index (χ3v) is 7.10. The minimum atomic E-state index is -4.63. The zero-order valence-corrected chi connectivity index (χ0v) is 23.0. The van der Waals surface area contributed by atoms with E-state index in [2.05, 4.69) is 5.32 Å². The number of para-hydroxylation sites is 2. The van der Waals surface area contributed by atoms with Crippen LogP contribution in [0.2, 0.25) is 0 Å². The van der Waals surface area contributed by atoms with Crippen molar-refractivity contribution in [1.29, 1.82) is 0 Å². The standard InChI is InChI=1S/C31H33F3N4O2/c1-5-7-18-37(30(40)36-26-15-11-9-13-24(26)31(32,33)34)27(6-2)28-35-25-14-10-8-12-23(25)29(39)38(28)22-17-16-20(3)21(4)19-22/h8-17,19,27H,5-7,18H2,1-4H3,(H,36,40). The summed E-state index contributed by atoms with van der Waals surface area (Å²) in [6.07, 6.45) is -2.87. The summed E-state index contributed by atoms with van der Waals surface area (Å²) in [5.74, 6) is 0.352. The van der Waals surface area contributed by atoms with Crippen molar-refractivity contribution < 1.29 is 18.0 Å². The van der Waals surface area contributed by atoms with Crippen LogP contribution in [0.15, 0.2) is 71.5 Å². The summed E-state index contributed by atoms with van der Waals surface area (Å²) in [4.78, 5) is 34.0. The lowest BCUT2D eigenvalue weighted by atomic mass is 10.1. The Bertz CT molecular complexity index is 1580. The van der Waals surface area contributed by atoms with E-state index >= 15 is 0 Å². The van der Waals surface area contributed by atoms with Crippen molar-refractivity contribution in [2.75, 3.05) is 11.9 Å². The molecule has 0 radical (unpaired) electrons. The molecular weight excluding hydrogens is 517 g/mol. The first-order valence-corrected chi connectivity index (χ1v) is 13.4. The van der Waals surface area contributed by atoms with Gasteiger partial charge in [0.15, 0.2) is 0 Å². The Morgan fingerprint density at radius 1 is 1.00 bits per heavy atom. The number of hydrogen-bond donors (Lipinski definition) is 1. The SMILES string of the molecule is CCCCN(C(=O)Nc1ccccc1C(F)(F)F)C(CC)c1nc2ccccc2c(=O)n1-c1ccc(C)c(C)c1. The normalized spacial score (nSPS) is 12.4. The largest absolute Gasteiger partial charge is 0.418 e. The number of amides is 2. The molecule has 1 unspecified atom stereocenters. The molecule has 0 aliphatic carbocycles. The molecule has 2 amide bonds. The number of unbranched alkanes of at least 4 members (excludes halogenated alkanes) is 1. The van der Waals surface area contributed by atoms with Crippen LogP contribution in [-0.4, -0.2) is 27.0 Å². The van der Waals surface area contributed by atoms with Crippen LogP contribution >= 0.6 is 0 Å². The maximum atomic E-state index is 13.9. The van der Waals surface area contributed by atoms with E-state index in [9.17, 15) is 22.8 Å². The first-order valence-electron chi connectivity index (χ1n) is 13.4. The quantitative estimate of drug-likeness (QED) is 0.243. The van der Waals surface area contributed by atoms with Gasteiger partial charge in [-0.05, 0) is 74.2 Å². The summed E-state index contributed by atoms with van der Waals surface area (Å²) in [6, 6.07) is 16.2. The number of halogens is 3. The molecule has 0 aliphatic heterocycles. The van der Waals surface area contributed by atoms with E-state index in [0.717, 1.165) is 23.6 Å². The second kappa shape index (κ2) is 11.9. The molecule has 0 bridgehead atoms. The summed E-state index contributed by atoms with van der Waals surface area (Å²) < 4.78 is 42.5. The van der Waals surface area contributed by atoms with Crippen LogP contribution in [0.5, 0.6) is 0 Å². The lowest BCUT2D eigenvalue weighted by Crippen LogP contribution is -2.41. The fraction of sp³-hybridized carbons (Fsp3) is 0.323. The molecular formula is C31H33F3N4O2. The molecule has 1 atom stereocenters. The van der Waals surface area contributed by atoms with Crippen molar-refractivity contribution in [3.8, 4) is 5.69 Å². The second-order valence-corrected chi connectivity index (χ2v) is 9.84. The Morgan fingerprint density at radius 2 is 1.70 bits per heavy atom. The fourth-order valence-corrected chi connectivity index (χ4v) is 4.78.